The summed E-state index contributed by atoms with van der Waals surface area (Å²) in [4.78, 5) is 10.5. The van der Waals surface area contributed by atoms with E-state index in [-0.39, 0.29) is 0 Å². The lowest BCUT2D eigenvalue weighted by atomic mass is 10.0. The Labute approximate surface area is 82.5 Å². The Bertz CT molecular complexity index is 466. The molecule has 2 nitrogen and oxygen atoms in total. The molecule has 0 saturated heterocycles. The molecule has 0 bridgehead atoms. The van der Waals surface area contributed by atoms with Crippen LogP contribution in [0.4, 0.5) is 0 Å². The van der Waals surface area contributed by atoms with Gasteiger partial charge in [0.05, 0.1) is 0 Å². The molecule has 0 aliphatic rings. The summed E-state index contributed by atoms with van der Waals surface area (Å²) in [5.41, 5.74) is 2.02. The number of carbonyl (C=O) groups is 1. The van der Waals surface area contributed by atoms with Gasteiger partial charge in [-0.25, -0.2) is 0 Å². The van der Waals surface area contributed by atoms with E-state index >= 15 is 0 Å². The molecule has 0 radical (unpaired) electrons. The Balaban J connectivity index is 2.59. The molecule has 2 rings (SSSR count). The van der Waals surface area contributed by atoms with Crippen molar-refractivity contribution in [1.82, 2.24) is 0 Å². The van der Waals surface area contributed by atoms with E-state index in [1.807, 2.05) is 12.1 Å². The zero-order valence-electron chi connectivity index (χ0n) is 8.28. The van der Waals surface area contributed by atoms with Gasteiger partial charge in [0.25, 0.3) is 0 Å². The number of rotatable bonds is 2. The van der Waals surface area contributed by atoms with E-state index < -0.39 is 0 Å². The Morgan fingerprint density at radius 2 is 2.07 bits per heavy atom. The number of aldehydes is 1. The minimum atomic E-state index is 0.390. The van der Waals surface area contributed by atoms with E-state index in [1.165, 1.54) is 5.56 Å². The van der Waals surface area contributed by atoms with Gasteiger partial charge in [-0.15, -0.1) is 0 Å². The normalized spacial score (nSPS) is 11.1. The summed E-state index contributed by atoms with van der Waals surface area (Å²) in [6.07, 6.45) is 0.731. The molecule has 0 saturated carbocycles. The maximum atomic E-state index is 10.5. The van der Waals surface area contributed by atoms with Crippen LogP contribution in [-0.4, -0.2) is 6.29 Å². The molecule has 0 N–H and O–H groups in total. The number of furan rings is 1. The summed E-state index contributed by atoms with van der Waals surface area (Å²) in [7, 11) is 0. The highest BCUT2D eigenvalue weighted by Gasteiger charge is 2.05. The van der Waals surface area contributed by atoms with E-state index in [0.717, 1.165) is 17.3 Å². The molecular formula is C12H12O2. The van der Waals surface area contributed by atoms with Crippen LogP contribution < -0.4 is 0 Å². The number of carbonyl (C=O) groups excluding carboxylic acids is 1. The Morgan fingerprint density at radius 1 is 1.29 bits per heavy atom. The Morgan fingerprint density at radius 3 is 2.71 bits per heavy atom. The van der Waals surface area contributed by atoms with Gasteiger partial charge in [0.15, 0.2) is 12.0 Å². The van der Waals surface area contributed by atoms with Crippen LogP contribution in [0.5, 0.6) is 0 Å². The molecule has 0 unspecified atom stereocenters. The number of hydrogen-bond acceptors (Lipinski definition) is 2. The first-order valence-electron chi connectivity index (χ1n) is 4.69. The van der Waals surface area contributed by atoms with Crippen LogP contribution in [0.15, 0.2) is 28.7 Å². The molecule has 0 fully saturated rings. The smallest absolute Gasteiger partial charge is 0.185 e. The van der Waals surface area contributed by atoms with Gasteiger partial charge in [0.2, 0.25) is 0 Å². The molecule has 1 aromatic heterocycles. The average Bonchev–Trinajstić information content (AvgIpc) is 2.58. The largest absolute Gasteiger partial charge is 0.453 e. The monoisotopic (exact) mass is 188 g/mol. The van der Waals surface area contributed by atoms with Crippen LogP contribution in [-0.2, 0) is 0 Å². The van der Waals surface area contributed by atoms with Crippen molar-refractivity contribution < 1.29 is 9.21 Å². The van der Waals surface area contributed by atoms with Gasteiger partial charge in [0, 0.05) is 5.39 Å². The van der Waals surface area contributed by atoms with Crippen LogP contribution in [0.3, 0.4) is 0 Å². The highest BCUT2D eigenvalue weighted by molar-refractivity contribution is 5.85. The Kier molecular flexibility index (Phi) is 2.12. The summed E-state index contributed by atoms with van der Waals surface area (Å²) in [5.74, 6) is 0.866. The van der Waals surface area contributed by atoms with Crippen LogP contribution >= 0.6 is 0 Å². The fraction of sp³-hybridized carbons (Fsp3) is 0.250. The van der Waals surface area contributed by atoms with Gasteiger partial charge in [0.1, 0.15) is 5.58 Å². The summed E-state index contributed by atoms with van der Waals surface area (Å²) >= 11 is 0. The lowest BCUT2D eigenvalue weighted by Crippen LogP contribution is -1.84. The molecule has 0 aliphatic carbocycles. The second-order valence-corrected chi connectivity index (χ2v) is 3.72. The van der Waals surface area contributed by atoms with Crippen molar-refractivity contribution in [3.8, 4) is 0 Å². The van der Waals surface area contributed by atoms with Crippen molar-refractivity contribution >= 4 is 17.3 Å². The van der Waals surface area contributed by atoms with Crippen molar-refractivity contribution in [2.75, 3.05) is 0 Å². The lowest BCUT2D eigenvalue weighted by Gasteiger charge is -2.03. The molecule has 14 heavy (non-hydrogen) atoms. The van der Waals surface area contributed by atoms with Crippen molar-refractivity contribution in [3.05, 3.63) is 35.6 Å². The SMILES string of the molecule is CC(C)c1ccc2cc(C=O)oc2c1. The first kappa shape index (κ1) is 9.00. The molecule has 1 aromatic carbocycles. The summed E-state index contributed by atoms with van der Waals surface area (Å²) in [6, 6.07) is 7.80. The van der Waals surface area contributed by atoms with Gasteiger partial charge in [-0.1, -0.05) is 26.0 Å². The van der Waals surface area contributed by atoms with Crippen molar-refractivity contribution in [2.24, 2.45) is 0 Å². The van der Waals surface area contributed by atoms with E-state index in [1.54, 1.807) is 6.07 Å². The zero-order chi connectivity index (χ0) is 10.1. The molecule has 0 aliphatic heterocycles. The minimum Gasteiger partial charge on any atom is -0.453 e. The van der Waals surface area contributed by atoms with Gasteiger partial charge >= 0.3 is 0 Å². The van der Waals surface area contributed by atoms with Crippen LogP contribution in [0.25, 0.3) is 11.0 Å². The highest BCUT2D eigenvalue weighted by atomic mass is 16.3. The second-order valence-electron chi connectivity index (χ2n) is 3.72. The number of hydrogen-bond donors (Lipinski definition) is 0. The van der Waals surface area contributed by atoms with Crippen molar-refractivity contribution in [1.29, 1.82) is 0 Å². The van der Waals surface area contributed by atoms with Crippen LogP contribution in [0, 0.1) is 0 Å². The summed E-state index contributed by atoms with van der Waals surface area (Å²) < 4.78 is 5.34. The van der Waals surface area contributed by atoms with Crippen LogP contribution in [0.2, 0.25) is 0 Å². The van der Waals surface area contributed by atoms with Crippen LogP contribution in [0.1, 0.15) is 35.9 Å². The van der Waals surface area contributed by atoms with Crippen molar-refractivity contribution in [3.63, 3.8) is 0 Å². The third-order valence-electron chi connectivity index (χ3n) is 2.35. The Hall–Kier alpha value is -1.57. The maximum absolute atomic E-state index is 10.5. The zero-order valence-corrected chi connectivity index (χ0v) is 8.28. The molecule has 2 aromatic rings. The molecule has 72 valence electrons. The fourth-order valence-electron chi connectivity index (χ4n) is 1.49. The number of benzene rings is 1. The molecule has 1 heterocycles. The van der Waals surface area contributed by atoms with Crippen molar-refractivity contribution in [2.45, 2.75) is 19.8 Å². The third-order valence-corrected chi connectivity index (χ3v) is 2.35. The topological polar surface area (TPSA) is 30.2 Å². The van der Waals surface area contributed by atoms with Gasteiger partial charge in [-0.05, 0) is 23.6 Å². The predicted molar refractivity (Wildman–Crippen MR) is 55.7 cm³/mol. The molecule has 0 spiro atoms. The van der Waals surface area contributed by atoms with E-state index in [9.17, 15) is 4.79 Å². The molecular weight excluding hydrogens is 176 g/mol. The van der Waals surface area contributed by atoms with Gasteiger partial charge in [-0.2, -0.15) is 0 Å². The minimum absolute atomic E-state index is 0.390. The van der Waals surface area contributed by atoms with E-state index in [4.69, 9.17) is 4.42 Å². The predicted octanol–water partition coefficient (Wildman–Crippen LogP) is 3.37. The fourth-order valence-corrected chi connectivity index (χ4v) is 1.49. The lowest BCUT2D eigenvalue weighted by molar-refractivity contribution is 0.110. The standard InChI is InChI=1S/C12H12O2/c1-8(2)9-3-4-10-5-11(7-13)14-12(10)6-9/h3-8H,1-2H3. The quantitative estimate of drug-likeness (QED) is 0.676. The summed E-state index contributed by atoms with van der Waals surface area (Å²) in [6.45, 7) is 4.26. The van der Waals surface area contributed by atoms with Gasteiger partial charge < -0.3 is 4.42 Å². The maximum Gasteiger partial charge on any atom is 0.185 e. The summed E-state index contributed by atoms with van der Waals surface area (Å²) in [5, 5.41) is 0.983. The van der Waals surface area contributed by atoms with Gasteiger partial charge in [-0.3, -0.25) is 4.79 Å². The number of fused-ring (bicyclic) bond motifs is 1. The highest BCUT2D eigenvalue weighted by Crippen LogP contribution is 2.23. The average molecular weight is 188 g/mol. The first-order valence-corrected chi connectivity index (χ1v) is 4.69. The van der Waals surface area contributed by atoms with E-state index in [2.05, 4.69) is 19.9 Å². The molecule has 0 atom stereocenters. The molecule has 2 heteroatoms. The second kappa shape index (κ2) is 3.29. The molecule has 0 amide bonds. The first-order chi connectivity index (χ1) is 6.70. The van der Waals surface area contributed by atoms with E-state index in [0.29, 0.717) is 11.7 Å². The third kappa shape index (κ3) is 1.43.